The lowest BCUT2D eigenvalue weighted by atomic mass is 9.78. The molecule has 0 aromatic carbocycles. The van der Waals surface area contributed by atoms with Crippen molar-refractivity contribution in [2.45, 2.75) is 78.3 Å². The van der Waals surface area contributed by atoms with Crippen LogP contribution in [0.2, 0.25) is 0 Å². The predicted molar refractivity (Wildman–Crippen MR) is 115 cm³/mol. The van der Waals surface area contributed by atoms with Gasteiger partial charge in [0.1, 0.15) is 11.6 Å². The van der Waals surface area contributed by atoms with Crippen LogP contribution in [0.15, 0.2) is 11.6 Å². The Morgan fingerprint density at radius 2 is 1.97 bits per heavy atom. The van der Waals surface area contributed by atoms with E-state index in [0.29, 0.717) is 5.92 Å². The maximum Gasteiger partial charge on any atom is 0.349 e. The quantitative estimate of drug-likeness (QED) is 0.400. The van der Waals surface area contributed by atoms with Crippen LogP contribution >= 0.6 is 0 Å². The summed E-state index contributed by atoms with van der Waals surface area (Å²) in [5, 5.41) is 9.48. The number of nitriles is 1. The van der Waals surface area contributed by atoms with Gasteiger partial charge < -0.3 is 14.2 Å². The number of piperidine rings is 1. The number of aromatic nitrogens is 1. The molecule has 2 aliphatic rings. The molecule has 30 heavy (non-hydrogen) atoms. The third-order valence-electron chi connectivity index (χ3n) is 6.59. The summed E-state index contributed by atoms with van der Waals surface area (Å²) in [4.78, 5) is 27.1. The summed E-state index contributed by atoms with van der Waals surface area (Å²) < 4.78 is 7.43. The van der Waals surface area contributed by atoms with Gasteiger partial charge in [-0.2, -0.15) is 5.26 Å². The smallest absolute Gasteiger partial charge is 0.349 e. The van der Waals surface area contributed by atoms with Crippen LogP contribution in [0.3, 0.4) is 0 Å². The molecule has 0 radical (unpaired) electrons. The molecule has 0 unspecified atom stereocenters. The molecule has 162 valence electrons. The Kier molecular flexibility index (Phi) is 7.36. The van der Waals surface area contributed by atoms with E-state index in [0.717, 1.165) is 55.7 Å². The molecule has 1 saturated heterocycles. The van der Waals surface area contributed by atoms with Gasteiger partial charge >= 0.3 is 5.97 Å². The van der Waals surface area contributed by atoms with Crippen molar-refractivity contribution in [3.05, 3.63) is 28.6 Å². The summed E-state index contributed by atoms with van der Waals surface area (Å²) in [7, 11) is 0. The lowest BCUT2D eigenvalue weighted by molar-refractivity contribution is -0.152. The predicted octanol–water partition coefficient (Wildman–Crippen LogP) is 4.15. The van der Waals surface area contributed by atoms with Crippen LogP contribution in [0.1, 0.15) is 68.8 Å². The number of carbonyl (C=O) groups excluding carboxylic acids is 2. The minimum Gasteiger partial charge on any atom is -0.451 e. The number of hydrogen-bond acceptors (Lipinski definition) is 4. The summed E-state index contributed by atoms with van der Waals surface area (Å²) in [5.74, 6) is -0.290. The zero-order valence-electron chi connectivity index (χ0n) is 18.4. The standard InChI is InChI=1S/C24H33N3O3/c1-4-11-26-17(2)13-20(18(26)3)14-21(15-25)24(29)30-16-23(28)27-12-7-9-19-8-5-6-10-22(19)27/h13-14,19,22H,4-12,16H2,1-3H3/b21-14+/t19-,22-/m1/s1. The molecule has 6 heteroatoms. The highest BCUT2D eigenvalue weighted by Crippen LogP contribution is 2.35. The number of amides is 1. The van der Waals surface area contributed by atoms with E-state index in [2.05, 4.69) is 11.5 Å². The first-order valence-corrected chi connectivity index (χ1v) is 11.2. The van der Waals surface area contributed by atoms with Crippen LogP contribution in [0.4, 0.5) is 0 Å². The van der Waals surface area contributed by atoms with E-state index in [9.17, 15) is 14.9 Å². The number of likely N-dealkylation sites (tertiary alicyclic amines) is 1. The monoisotopic (exact) mass is 411 g/mol. The minimum absolute atomic E-state index is 0.0752. The fourth-order valence-corrected chi connectivity index (χ4v) is 5.06. The number of ether oxygens (including phenoxy) is 1. The fourth-order valence-electron chi connectivity index (χ4n) is 5.06. The molecule has 1 saturated carbocycles. The average molecular weight is 412 g/mol. The number of hydrogen-bond donors (Lipinski definition) is 0. The fraction of sp³-hybridized carbons (Fsp3) is 0.625. The van der Waals surface area contributed by atoms with Crippen LogP contribution in [0, 0.1) is 31.1 Å². The van der Waals surface area contributed by atoms with Crippen molar-refractivity contribution in [2.75, 3.05) is 13.2 Å². The van der Waals surface area contributed by atoms with Crippen LogP contribution in [0.25, 0.3) is 6.08 Å². The van der Waals surface area contributed by atoms with Gasteiger partial charge in [0.2, 0.25) is 0 Å². The zero-order valence-corrected chi connectivity index (χ0v) is 18.4. The molecule has 0 N–H and O–H groups in total. The molecule has 6 nitrogen and oxygen atoms in total. The SMILES string of the molecule is CCCn1c(C)cc(/C=C(\C#N)C(=O)OCC(=O)N2CCC[C@H]3CCCC[C@H]32)c1C. The van der Waals surface area contributed by atoms with Gasteiger partial charge in [-0.1, -0.05) is 19.8 Å². The maximum absolute atomic E-state index is 12.7. The van der Waals surface area contributed by atoms with Crippen molar-refractivity contribution in [3.8, 4) is 6.07 Å². The van der Waals surface area contributed by atoms with Gasteiger partial charge in [-0.15, -0.1) is 0 Å². The third-order valence-corrected chi connectivity index (χ3v) is 6.59. The van der Waals surface area contributed by atoms with Crippen LogP contribution in [0.5, 0.6) is 0 Å². The number of rotatable bonds is 6. The molecule has 0 bridgehead atoms. The van der Waals surface area contributed by atoms with E-state index in [1.54, 1.807) is 6.08 Å². The van der Waals surface area contributed by atoms with Gasteiger partial charge in [0, 0.05) is 30.5 Å². The zero-order chi connectivity index (χ0) is 21.7. The first kappa shape index (κ1) is 22.1. The summed E-state index contributed by atoms with van der Waals surface area (Å²) in [5.41, 5.74) is 2.87. The van der Waals surface area contributed by atoms with E-state index in [4.69, 9.17) is 4.74 Å². The Bertz CT molecular complexity index is 860. The summed E-state index contributed by atoms with van der Waals surface area (Å²) in [6, 6.07) is 4.19. The Balaban J connectivity index is 1.64. The number of carbonyl (C=O) groups is 2. The van der Waals surface area contributed by atoms with Crippen molar-refractivity contribution in [2.24, 2.45) is 5.92 Å². The molecule has 0 spiro atoms. The highest BCUT2D eigenvalue weighted by atomic mass is 16.5. The van der Waals surface area contributed by atoms with Gasteiger partial charge in [-0.3, -0.25) is 4.79 Å². The lowest BCUT2D eigenvalue weighted by Crippen LogP contribution is -2.50. The largest absolute Gasteiger partial charge is 0.451 e. The molecule has 1 aromatic heterocycles. The van der Waals surface area contributed by atoms with Crippen molar-refractivity contribution >= 4 is 18.0 Å². The summed E-state index contributed by atoms with van der Waals surface area (Å²) in [6.45, 7) is 7.44. The topological polar surface area (TPSA) is 75.3 Å². The van der Waals surface area contributed by atoms with Gasteiger partial charge in [-0.25, -0.2) is 4.79 Å². The molecule has 1 amide bonds. The Morgan fingerprint density at radius 1 is 1.23 bits per heavy atom. The van der Waals surface area contributed by atoms with E-state index in [1.165, 1.54) is 19.3 Å². The molecular formula is C24H33N3O3. The second-order valence-electron chi connectivity index (χ2n) is 8.57. The first-order valence-electron chi connectivity index (χ1n) is 11.2. The van der Waals surface area contributed by atoms with Gasteiger partial charge in [0.15, 0.2) is 6.61 Å². The van der Waals surface area contributed by atoms with Crippen molar-refractivity contribution in [1.82, 2.24) is 9.47 Å². The van der Waals surface area contributed by atoms with Gasteiger partial charge in [0.05, 0.1) is 0 Å². The second kappa shape index (κ2) is 9.97. The van der Waals surface area contributed by atoms with Gasteiger partial charge in [0.25, 0.3) is 5.91 Å². The van der Waals surface area contributed by atoms with E-state index in [-0.39, 0.29) is 24.1 Å². The molecular weight excluding hydrogens is 378 g/mol. The number of esters is 1. The van der Waals surface area contributed by atoms with E-state index >= 15 is 0 Å². The molecule has 2 atom stereocenters. The number of aryl methyl sites for hydroxylation is 1. The van der Waals surface area contributed by atoms with Crippen molar-refractivity contribution in [3.63, 3.8) is 0 Å². The molecule has 2 fully saturated rings. The Labute approximate surface area is 179 Å². The molecule has 1 aromatic rings. The van der Waals surface area contributed by atoms with E-state index < -0.39 is 5.97 Å². The first-order chi connectivity index (χ1) is 14.5. The number of fused-ring (bicyclic) bond motifs is 1. The third kappa shape index (κ3) is 4.77. The minimum atomic E-state index is -0.733. The van der Waals surface area contributed by atoms with Gasteiger partial charge in [-0.05, 0) is 69.6 Å². The Morgan fingerprint density at radius 3 is 2.70 bits per heavy atom. The normalized spacial score (nSPS) is 21.7. The molecule has 1 aliphatic heterocycles. The molecule has 2 heterocycles. The summed E-state index contributed by atoms with van der Waals surface area (Å²) >= 11 is 0. The second-order valence-corrected chi connectivity index (χ2v) is 8.57. The Hall–Kier alpha value is -2.55. The van der Waals surface area contributed by atoms with Crippen molar-refractivity contribution < 1.29 is 14.3 Å². The number of nitrogens with zero attached hydrogens (tertiary/aromatic N) is 3. The van der Waals surface area contributed by atoms with Crippen LogP contribution in [-0.2, 0) is 20.9 Å². The lowest BCUT2D eigenvalue weighted by Gasteiger charge is -2.44. The molecule has 1 aliphatic carbocycles. The maximum atomic E-state index is 12.7. The van der Waals surface area contributed by atoms with Crippen LogP contribution in [-0.4, -0.2) is 40.5 Å². The van der Waals surface area contributed by atoms with E-state index in [1.807, 2.05) is 30.9 Å². The summed E-state index contributed by atoms with van der Waals surface area (Å²) in [6.07, 6.45) is 9.40. The highest BCUT2D eigenvalue weighted by molar-refractivity contribution is 5.99. The highest BCUT2D eigenvalue weighted by Gasteiger charge is 2.35. The molecule has 3 rings (SSSR count). The van der Waals surface area contributed by atoms with Crippen LogP contribution < -0.4 is 0 Å². The average Bonchev–Trinajstić information content (AvgIpc) is 3.02. The van der Waals surface area contributed by atoms with Crippen molar-refractivity contribution in [1.29, 1.82) is 5.26 Å².